The highest BCUT2D eigenvalue weighted by Crippen LogP contribution is 2.34. The van der Waals surface area contributed by atoms with Crippen molar-refractivity contribution in [2.45, 2.75) is 32.8 Å². The fraction of sp³-hybridized carbons (Fsp3) is 0.192. The van der Waals surface area contributed by atoms with E-state index in [0.29, 0.717) is 16.2 Å². The first-order valence-electron chi connectivity index (χ1n) is 10.1. The number of rotatable bonds is 4. The van der Waals surface area contributed by atoms with E-state index in [0.717, 1.165) is 5.56 Å². The minimum absolute atomic E-state index is 0.0254. The second-order valence-electron chi connectivity index (χ2n) is 8.55. The zero-order valence-corrected chi connectivity index (χ0v) is 19.4. The van der Waals surface area contributed by atoms with Crippen molar-refractivity contribution in [3.8, 4) is 17.1 Å². The van der Waals surface area contributed by atoms with Gasteiger partial charge in [0, 0.05) is 16.1 Å². The van der Waals surface area contributed by atoms with Gasteiger partial charge in [0.15, 0.2) is 5.76 Å². The first-order valence-corrected chi connectivity index (χ1v) is 10.8. The molecule has 1 heterocycles. The van der Waals surface area contributed by atoms with Crippen molar-refractivity contribution in [3.05, 3.63) is 97.9 Å². The van der Waals surface area contributed by atoms with Crippen molar-refractivity contribution in [1.29, 1.82) is 0 Å². The van der Waals surface area contributed by atoms with Crippen LogP contribution in [0.2, 0.25) is 10.0 Å². The molecule has 6 heteroatoms. The van der Waals surface area contributed by atoms with Crippen LogP contribution in [0.25, 0.3) is 22.3 Å². The molecular weight excluding hydrogens is 450 g/mol. The maximum absolute atomic E-state index is 14.3. The largest absolute Gasteiger partial charge is 0.481 e. The summed E-state index contributed by atoms with van der Waals surface area (Å²) in [5, 5.41) is 0.895. The lowest BCUT2D eigenvalue weighted by Gasteiger charge is -2.19. The van der Waals surface area contributed by atoms with Crippen LogP contribution in [-0.2, 0) is 12.0 Å². The molecule has 164 valence electrons. The van der Waals surface area contributed by atoms with Gasteiger partial charge < -0.3 is 9.15 Å². The first kappa shape index (κ1) is 22.4. The Labute approximate surface area is 195 Å². The lowest BCUT2D eigenvalue weighted by atomic mass is 9.86. The van der Waals surface area contributed by atoms with Crippen LogP contribution >= 0.6 is 23.2 Å². The Morgan fingerprint density at radius 1 is 1.00 bits per heavy atom. The average Bonchev–Trinajstić information content (AvgIpc) is 2.74. The molecule has 0 N–H and O–H groups in total. The van der Waals surface area contributed by atoms with Crippen LogP contribution in [0.4, 0.5) is 4.39 Å². The number of hydrogen-bond donors (Lipinski definition) is 0. The van der Waals surface area contributed by atoms with Gasteiger partial charge in [0.05, 0.1) is 10.4 Å². The molecule has 0 aliphatic carbocycles. The highest BCUT2D eigenvalue weighted by Gasteiger charge is 2.20. The summed E-state index contributed by atoms with van der Waals surface area (Å²) in [4.78, 5) is 13.3. The Balaban J connectivity index is 1.85. The van der Waals surface area contributed by atoms with E-state index in [1.165, 1.54) is 18.2 Å². The van der Waals surface area contributed by atoms with Crippen LogP contribution < -0.4 is 10.2 Å². The molecule has 1 aromatic heterocycles. The molecule has 0 fully saturated rings. The summed E-state index contributed by atoms with van der Waals surface area (Å²) in [6, 6.07) is 16.9. The number of hydrogen-bond acceptors (Lipinski definition) is 3. The van der Waals surface area contributed by atoms with E-state index >= 15 is 0 Å². The van der Waals surface area contributed by atoms with Crippen LogP contribution in [0.1, 0.15) is 31.9 Å². The van der Waals surface area contributed by atoms with E-state index in [9.17, 15) is 9.18 Å². The molecule has 0 amide bonds. The zero-order chi connectivity index (χ0) is 23.0. The Morgan fingerprint density at radius 3 is 2.38 bits per heavy atom. The van der Waals surface area contributed by atoms with E-state index in [1.807, 2.05) is 24.3 Å². The van der Waals surface area contributed by atoms with Crippen LogP contribution in [0.15, 0.2) is 69.9 Å². The van der Waals surface area contributed by atoms with Gasteiger partial charge in [-0.1, -0.05) is 74.3 Å². The molecule has 0 unspecified atom stereocenters. The fourth-order valence-electron chi connectivity index (χ4n) is 3.41. The van der Waals surface area contributed by atoms with Crippen molar-refractivity contribution in [2.24, 2.45) is 0 Å². The Kier molecular flexibility index (Phi) is 6.02. The number of halogens is 3. The highest BCUT2D eigenvalue weighted by atomic mass is 35.5. The summed E-state index contributed by atoms with van der Waals surface area (Å²) in [6.45, 7) is 6.13. The zero-order valence-electron chi connectivity index (χ0n) is 17.8. The fourth-order valence-corrected chi connectivity index (χ4v) is 3.80. The molecule has 3 aromatic carbocycles. The third-order valence-electron chi connectivity index (χ3n) is 5.25. The maximum atomic E-state index is 14.3. The molecule has 3 nitrogen and oxygen atoms in total. The molecule has 0 saturated carbocycles. The molecule has 32 heavy (non-hydrogen) atoms. The summed E-state index contributed by atoms with van der Waals surface area (Å²) >= 11 is 12.2. The molecule has 0 aliphatic heterocycles. The van der Waals surface area contributed by atoms with Gasteiger partial charge >= 0.3 is 0 Å². The molecule has 0 spiro atoms. The molecule has 0 aliphatic rings. The van der Waals surface area contributed by atoms with Gasteiger partial charge in [-0.2, -0.15) is 0 Å². The lowest BCUT2D eigenvalue weighted by Crippen LogP contribution is -2.12. The normalized spacial score (nSPS) is 11.7. The molecule has 0 radical (unpaired) electrons. The molecular formula is C26H21Cl2FO3. The summed E-state index contributed by atoms with van der Waals surface area (Å²) in [6.07, 6.45) is 0. The van der Waals surface area contributed by atoms with Crippen molar-refractivity contribution in [3.63, 3.8) is 0 Å². The van der Waals surface area contributed by atoms with Gasteiger partial charge in [0.2, 0.25) is 11.2 Å². The van der Waals surface area contributed by atoms with Crippen molar-refractivity contribution in [2.75, 3.05) is 0 Å². The van der Waals surface area contributed by atoms with Gasteiger partial charge in [-0.25, -0.2) is 4.39 Å². The molecule has 4 rings (SSSR count). The maximum Gasteiger partial charge on any atom is 0.235 e. The van der Waals surface area contributed by atoms with Crippen LogP contribution in [0.3, 0.4) is 0 Å². The summed E-state index contributed by atoms with van der Waals surface area (Å²) < 4.78 is 26.2. The van der Waals surface area contributed by atoms with Gasteiger partial charge in [0.1, 0.15) is 18.0 Å². The van der Waals surface area contributed by atoms with Crippen molar-refractivity contribution in [1.82, 2.24) is 0 Å². The predicted octanol–water partition coefficient (Wildman–Crippen LogP) is 7.78. The monoisotopic (exact) mass is 470 g/mol. The van der Waals surface area contributed by atoms with Crippen LogP contribution in [-0.4, -0.2) is 0 Å². The number of ether oxygens (including phenoxy) is 1. The third-order valence-corrected chi connectivity index (χ3v) is 5.84. The van der Waals surface area contributed by atoms with E-state index in [4.69, 9.17) is 32.4 Å². The minimum Gasteiger partial charge on any atom is -0.481 e. The van der Waals surface area contributed by atoms with Gasteiger partial charge in [-0.15, -0.1) is 0 Å². The molecule has 0 atom stereocenters. The van der Waals surface area contributed by atoms with Crippen molar-refractivity contribution >= 4 is 34.2 Å². The van der Waals surface area contributed by atoms with Crippen molar-refractivity contribution < 1.29 is 13.5 Å². The highest BCUT2D eigenvalue weighted by molar-refractivity contribution is 6.31. The smallest absolute Gasteiger partial charge is 0.235 e. The summed E-state index contributed by atoms with van der Waals surface area (Å²) in [5.74, 6) is -0.276. The van der Waals surface area contributed by atoms with E-state index in [-0.39, 0.29) is 39.5 Å². The standard InChI is InChI=1S/C26H21Cl2FO3/c1-26(2,3)16-9-7-15(8-10-16)24-25(31-14-19-20(28)5-4-6-21(19)29)23(30)18-13-17(27)11-12-22(18)32-24/h4-13H,14H2,1-3H3. The Bertz CT molecular complexity index is 1330. The van der Waals surface area contributed by atoms with E-state index < -0.39 is 11.2 Å². The number of benzene rings is 3. The van der Waals surface area contributed by atoms with Crippen LogP contribution in [0, 0.1) is 5.82 Å². The quantitative estimate of drug-likeness (QED) is 0.305. The van der Waals surface area contributed by atoms with E-state index in [2.05, 4.69) is 20.8 Å². The van der Waals surface area contributed by atoms with E-state index in [1.54, 1.807) is 18.2 Å². The Hall–Kier alpha value is -2.82. The number of fused-ring (bicyclic) bond motifs is 1. The first-order chi connectivity index (χ1) is 15.1. The molecule has 0 saturated heterocycles. The summed E-state index contributed by atoms with van der Waals surface area (Å²) in [7, 11) is 0. The Morgan fingerprint density at radius 2 is 1.72 bits per heavy atom. The average molecular weight is 471 g/mol. The lowest BCUT2D eigenvalue weighted by molar-refractivity contribution is 0.292. The predicted molar refractivity (Wildman–Crippen MR) is 127 cm³/mol. The van der Waals surface area contributed by atoms with Crippen LogP contribution in [0.5, 0.6) is 5.75 Å². The molecule has 0 bridgehead atoms. The van der Waals surface area contributed by atoms with Gasteiger partial charge in [-0.05, 0) is 41.3 Å². The molecule has 4 aromatic rings. The topological polar surface area (TPSA) is 39.4 Å². The summed E-state index contributed by atoms with van der Waals surface area (Å²) in [5.41, 5.74) is 1.93. The van der Waals surface area contributed by atoms with Gasteiger partial charge in [-0.3, -0.25) is 4.79 Å². The SMILES string of the molecule is CC(C)(C)c1ccc(-c2oc3ccc(Cl)cc3c(=O)c2OCc2c(F)cccc2Cl)cc1. The minimum atomic E-state index is -0.512. The third kappa shape index (κ3) is 4.38. The second-order valence-corrected chi connectivity index (χ2v) is 9.39. The van der Waals surface area contributed by atoms with Gasteiger partial charge in [0.25, 0.3) is 0 Å². The second kappa shape index (κ2) is 8.61.